The first kappa shape index (κ1) is 27.6. The highest BCUT2D eigenvalue weighted by Crippen LogP contribution is 2.38. The van der Waals surface area contributed by atoms with E-state index < -0.39 is 12.1 Å². The number of nitrogens with zero attached hydrogens (tertiary/aromatic N) is 1. The Morgan fingerprint density at radius 3 is 1.85 bits per heavy atom. The minimum atomic E-state index is -0.612. The molecule has 0 saturated carbocycles. The molecule has 0 radical (unpaired) electrons. The fourth-order valence-corrected chi connectivity index (χ4v) is 4.28. The molecule has 0 saturated heterocycles. The summed E-state index contributed by atoms with van der Waals surface area (Å²) in [6.07, 6.45) is 1.36. The van der Waals surface area contributed by atoms with Crippen LogP contribution in [0.15, 0.2) is 97.1 Å². The van der Waals surface area contributed by atoms with Gasteiger partial charge >= 0.3 is 12.1 Å². The topological polar surface area (TPSA) is 55.8 Å². The Balaban J connectivity index is 1.72. The number of hydrogen-bond acceptors (Lipinski definition) is 4. The van der Waals surface area contributed by atoms with E-state index in [4.69, 9.17) is 9.47 Å². The highest BCUT2D eigenvalue weighted by atomic mass is 16.6. The normalized spacial score (nSPS) is 11.1. The maximum Gasteiger partial charge on any atom is 0.424 e. The van der Waals surface area contributed by atoms with Crippen LogP contribution in [-0.2, 0) is 11.8 Å². The quantitative estimate of drug-likeness (QED) is 0.180. The number of carbonyl (C=O) groups excluding carboxylic acids is 2. The fraction of sp³-hybridized carbons (Fsp3) is 0.235. The lowest BCUT2D eigenvalue weighted by Gasteiger charge is -2.25. The van der Waals surface area contributed by atoms with Crippen LogP contribution in [0, 0.1) is 6.92 Å². The molecule has 4 aromatic rings. The van der Waals surface area contributed by atoms with Gasteiger partial charge in [-0.3, -0.25) is 0 Å². The Hall–Kier alpha value is -4.38. The highest BCUT2D eigenvalue weighted by Gasteiger charge is 2.26. The Morgan fingerprint density at radius 1 is 0.769 bits per heavy atom. The van der Waals surface area contributed by atoms with E-state index in [1.165, 1.54) is 4.90 Å². The smallest absolute Gasteiger partial charge is 0.419 e. The van der Waals surface area contributed by atoms with E-state index >= 15 is 0 Å². The predicted molar refractivity (Wildman–Crippen MR) is 156 cm³/mol. The number of aryl methyl sites for hydroxylation is 2. The average Bonchev–Trinajstić information content (AvgIpc) is 2.92. The number of ether oxygens (including phenoxy) is 2. The number of hydrogen-bond donors (Lipinski definition) is 0. The van der Waals surface area contributed by atoms with Crippen LogP contribution in [-0.4, -0.2) is 12.1 Å². The summed E-state index contributed by atoms with van der Waals surface area (Å²) in [4.78, 5) is 28.4. The second-order valence-corrected chi connectivity index (χ2v) is 10.6. The van der Waals surface area contributed by atoms with Crippen LogP contribution in [0.3, 0.4) is 0 Å². The van der Waals surface area contributed by atoms with Crippen LogP contribution in [0.4, 0.5) is 16.2 Å². The molecule has 0 unspecified atom stereocenters. The van der Waals surface area contributed by atoms with Crippen LogP contribution in [0.5, 0.6) is 11.5 Å². The van der Waals surface area contributed by atoms with Crippen molar-refractivity contribution in [3.63, 3.8) is 0 Å². The molecule has 39 heavy (non-hydrogen) atoms. The van der Waals surface area contributed by atoms with Crippen LogP contribution < -0.4 is 14.4 Å². The number of para-hydroxylation sites is 2. The summed E-state index contributed by atoms with van der Waals surface area (Å²) < 4.78 is 11.9. The van der Waals surface area contributed by atoms with Crippen molar-refractivity contribution < 1.29 is 19.1 Å². The first-order valence-corrected chi connectivity index (χ1v) is 13.3. The maximum atomic E-state index is 13.8. The monoisotopic (exact) mass is 521 g/mol. The van der Waals surface area contributed by atoms with Gasteiger partial charge < -0.3 is 9.47 Å². The van der Waals surface area contributed by atoms with E-state index in [0.717, 1.165) is 24.0 Å². The molecule has 0 spiro atoms. The molecule has 0 fully saturated rings. The van der Waals surface area contributed by atoms with E-state index in [0.29, 0.717) is 22.5 Å². The molecule has 5 heteroatoms. The second-order valence-electron chi connectivity index (χ2n) is 10.6. The molecule has 0 aliphatic rings. The number of esters is 1. The molecule has 4 aromatic carbocycles. The van der Waals surface area contributed by atoms with Crippen molar-refractivity contribution in [3.8, 4) is 11.5 Å². The summed E-state index contributed by atoms with van der Waals surface area (Å²) in [5.41, 5.74) is 4.34. The van der Waals surface area contributed by atoms with Gasteiger partial charge in [0.15, 0.2) is 11.5 Å². The average molecular weight is 522 g/mol. The van der Waals surface area contributed by atoms with Crippen molar-refractivity contribution in [2.45, 2.75) is 52.9 Å². The summed E-state index contributed by atoms with van der Waals surface area (Å²) in [7, 11) is 0. The van der Waals surface area contributed by atoms with E-state index in [-0.39, 0.29) is 16.9 Å². The van der Waals surface area contributed by atoms with Crippen LogP contribution in [0.1, 0.15) is 61.2 Å². The van der Waals surface area contributed by atoms with E-state index in [2.05, 4.69) is 27.7 Å². The van der Waals surface area contributed by atoms with Gasteiger partial charge in [0.05, 0.1) is 16.9 Å². The van der Waals surface area contributed by atoms with Gasteiger partial charge in [-0.05, 0) is 77.9 Å². The molecule has 0 N–H and O–H groups in total. The zero-order chi connectivity index (χ0) is 28.0. The summed E-state index contributed by atoms with van der Waals surface area (Å²) >= 11 is 0. The third-order valence-corrected chi connectivity index (χ3v) is 6.44. The predicted octanol–water partition coefficient (Wildman–Crippen LogP) is 8.80. The van der Waals surface area contributed by atoms with E-state index in [9.17, 15) is 9.59 Å². The van der Waals surface area contributed by atoms with Crippen LogP contribution in [0.2, 0.25) is 0 Å². The minimum absolute atomic E-state index is 0.192. The first-order valence-electron chi connectivity index (χ1n) is 13.3. The molecule has 200 valence electrons. The van der Waals surface area contributed by atoms with Gasteiger partial charge in [0, 0.05) is 0 Å². The molecule has 0 aliphatic carbocycles. The van der Waals surface area contributed by atoms with Crippen LogP contribution >= 0.6 is 0 Å². The molecule has 5 nitrogen and oxygen atoms in total. The molecule has 0 bridgehead atoms. The maximum absolute atomic E-state index is 13.8. The molecular formula is C34H35NO4. The van der Waals surface area contributed by atoms with Gasteiger partial charge in [0.1, 0.15) is 0 Å². The number of amides is 1. The van der Waals surface area contributed by atoms with Gasteiger partial charge in [0.2, 0.25) is 0 Å². The third-order valence-electron chi connectivity index (χ3n) is 6.44. The van der Waals surface area contributed by atoms with Crippen molar-refractivity contribution >= 4 is 23.4 Å². The van der Waals surface area contributed by atoms with Gasteiger partial charge in [-0.15, -0.1) is 0 Å². The van der Waals surface area contributed by atoms with Gasteiger partial charge in [-0.2, -0.15) is 0 Å². The minimum Gasteiger partial charge on any atom is -0.419 e. The van der Waals surface area contributed by atoms with Gasteiger partial charge in [0.25, 0.3) is 0 Å². The lowest BCUT2D eigenvalue weighted by Crippen LogP contribution is -2.29. The Kier molecular flexibility index (Phi) is 8.50. The molecule has 0 aliphatic heterocycles. The van der Waals surface area contributed by atoms with Crippen molar-refractivity contribution in [1.82, 2.24) is 0 Å². The Morgan fingerprint density at radius 2 is 1.33 bits per heavy atom. The van der Waals surface area contributed by atoms with E-state index in [1.807, 2.05) is 85.8 Å². The summed E-state index contributed by atoms with van der Waals surface area (Å²) in [6.45, 7) is 10.2. The van der Waals surface area contributed by atoms with Gasteiger partial charge in [-0.25, -0.2) is 14.5 Å². The van der Waals surface area contributed by atoms with Crippen molar-refractivity contribution in [2.24, 2.45) is 0 Å². The van der Waals surface area contributed by atoms with Crippen LogP contribution in [0.25, 0.3) is 0 Å². The summed E-state index contributed by atoms with van der Waals surface area (Å²) in [5, 5.41) is 0. The largest absolute Gasteiger partial charge is 0.424 e. The molecule has 4 rings (SSSR count). The van der Waals surface area contributed by atoms with E-state index in [1.54, 1.807) is 18.2 Å². The fourth-order valence-electron chi connectivity index (χ4n) is 4.28. The first-order chi connectivity index (χ1) is 18.7. The number of carbonyl (C=O) groups is 2. The number of benzene rings is 4. The highest BCUT2D eigenvalue weighted by molar-refractivity contribution is 5.97. The standard InChI is InChI=1S/C34H35NO4/c1-6-13-25-18-20-26(21-19-25)32(36)39-31-24(2)22-27(34(3,4)5)23-30(31)38-33(37)35(28-14-9-7-10-15-28)29-16-11-8-12-17-29/h7-12,14-23H,6,13H2,1-5H3. The molecule has 0 heterocycles. The Bertz CT molecular complexity index is 1380. The number of anilines is 2. The molecular weight excluding hydrogens is 486 g/mol. The zero-order valence-electron chi connectivity index (χ0n) is 23.2. The van der Waals surface area contributed by atoms with Gasteiger partial charge in [-0.1, -0.05) is 88.7 Å². The lowest BCUT2D eigenvalue weighted by atomic mass is 9.86. The number of rotatable bonds is 7. The molecule has 1 amide bonds. The molecule has 0 aromatic heterocycles. The second kappa shape index (κ2) is 12.0. The SMILES string of the molecule is CCCc1ccc(C(=O)Oc2c(C)cc(C(C)(C)C)cc2OC(=O)N(c2ccccc2)c2ccccc2)cc1. The third kappa shape index (κ3) is 6.74. The lowest BCUT2D eigenvalue weighted by molar-refractivity contribution is 0.0728. The van der Waals surface area contributed by atoms with Crippen molar-refractivity contribution in [2.75, 3.05) is 4.90 Å². The van der Waals surface area contributed by atoms with Crippen molar-refractivity contribution in [3.05, 3.63) is 119 Å². The van der Waals surface area contributed by atoms with Crippen molar-refractivity contribution in [1.29, 1.82) is 0 Å². The summed E-state index contributed by atoms with van der Waals surface area (Å²) in [6, 6.07) is 29.8. The zero-order valence-corrected chi connectivity index (χ0v) is 23.2. The molecule has 0 atom stereocenters. The summed E-state index contributed by atoms with van der Waals surface area (Å²) in [5.74, 6) is -0.0947. The Labute approximate surface area is 231 Å².